The number of carbonyl (C=O) groups excluding carboxylic acids is 1. The molecule has 0 radical (unpaired) electrons. The summed E-state index contributed by atoms with van der Waals surface area (Å²) in [4.78, 5) is 12.4. The second-order valence-electron chi connectivity index (χ2n) is 8.87. The summed E-state index contributed by atoms with van der Waals surface area (Å²) < 4.78 is 31.9. The number of methoxy groups -OCH3 is 1. The topological polar surface area (TPSA) is 84.5 Å². The second-order valence-corrected chi connectivity index (χ2v) is 11.2. The van der Waals surface area contributed by atoms with Crippen LogP contribution in [-0.4, -0.2) is 39.8 Å². The maximum atomic E-state index is 12.4. The first-order valence-electron chi connectivity index (χ1n) is 11.8. The molecule has 0 saturated heterocycles. The summed E-state index contributed by atoms with van der Waals surface area (Å²) in [5.41, 5.74) is 4.95. The second kappa shape index (κ2) is 12.0. The highest BCUT2D eigenvalue weighted by Gasteiger charge is 2.17. The van der Waals surface area contributed by atoms with E-state index in [1.54, 1.807) is 33.1 Å². The Morgan fingerprint density at radius 2 is 1.49 bits per heavy atom. The molecule has 0 aliphatic rings. The van der Waals surface area contributed by atoms with Crippen molar-refractivity contribution in [2.45, 2.75) is 38.4 Å². The van der Waals surface area contributed by atoms with Gasteiger partial charge in [-0.15, -0.1) is 0 Å². The third-order valence-electron chi connectivity index (χ3n) is 6.03. The van der Waals surface area contributed by atoms with Crippen LogP contribution in [0.15, 0.2) is 72.8 Å². The van der Waals surface area contributed by atoms with E-state index in [1.165, 1.54) is 0 Å². The van der Waals surface area contributed by atoms with Crippen molar-refractivity contribution >= 4 is 15.9 Å². The zero-order chi connectivity index (χ0) is 25.4. The SMILES string of the molecule is COc1ccccc1C(=O)NCCc1ccc(-c2ccc(C(C)CNS(=O)(=O)C(C)C)cc2)cc1. The van der Waals surface area contributed by atoms with Crippen LogP contribution in [0.2, 0.25) is 0 Å². The first-order chi connectivity index (χ1) is 16.7. The lowest BCUT2D eigenvalue weighted by Crippen LogP contribution is -2.33. The largest absolute Gasteiger partial charge is 0.496 e. The fraction of sp³-hybridized carbons (Fsp3) is 0.321. The van der Waals surface area contributed by atoms with Crippen LogP contribution in [0.1, 0.15) is 48.2 Å². The highest BCUT2D eigenvalue weighted by Crippen LogP contribution is 2.23. The Morgan fingerprint density at radius 1 is 0.886 bits per heavy atom. The van der Waals surface area contributed by atoms with Crippen LogP contribution in [0.3, 0.4) is 0 Å². The molecule has 0 spiro atoms. The van der Waals surface area contributed by atoms with Gasteiger partial charge in [-0.2, -0.15) is 0 Å². The Bertz CT molecular complexity index is 1220. The van der Waals surface area contributed by atoms with E-state index >= 15 is 0 Å². The van der Waals surface area contributed by atoms with Gasteiger partial charge >= 0.3 is 0 Å². The standard InChI is InChI=1S/C28H34N2O4S/c1-20(2)35(32,33)30-19-21(3)23-13-15-25(16-14-23)24-11-9-22(10-12-24)17-18-29-28(31)26-7-5-6-8-27(26)34-4/h5-16,20-21,30H,17-19H2,1-4H3,(H,29,31). The van der Waals surface area contributed by atoms with Crippen LogP contribution in [0.25, 0.3) is 11.1 Å². The quantitative estimate of drug-likeness (QED) is 0.402. The van der Waals surface area contributed by atoms with Gasteiger partial charge in [0.1, 0.15) is 5.75 Å². The number of benzene rings is 3. The molecule has 0 fully saturated rings. The molecule has 0 heterocycles. The van der Waals surface area contributed by atoms with Gasteiger partial charge in [-0.3, -0.25) is 4.79 Å². The van der Waals surface area contributed by atoms with Crippen molar-refractivity contribution in [2.24, 2.45) is 0 Å². The number of carbonyl (C=O) groups is 1. The van der Waals surface area contributed by atoms with Crippen LogP contribution >= 0.6 is 0 Å². The minimum atomic E-state index is -3.26. The van der Waals surface area contributed by atoms with Gasteiger partial charge in [-0.1, -0.05) is 67.6 Å². The monoisotopic (exact) mass is 494 g/mol. The summed E-state index contributed by atoms with van der Waals surface area (Å²) in [7, 11) is -1.71. The van der Waals surface area contributed by atoms with E-state index in [1.807, 2.05) is 31.2 Å². The Kier molecular flexibility index (Phi) is 9.07. The van der Waals surface area contributed by atoms with Crippen LogP contribution in [0, 0.1) is 0 Å². The van der Waals surface area contributed by atoms with Crippen molar-refractivity contribution in [1.82, 2.24) is 10.0 Å². The molecule has 0 aliphatic carbocycles. The summed E-state index contributed by atoms with van der Waals surface area (Å²) in [5.74, 6) is 0.489. The predicted molar refractivity (Wildman–Crippen MR) is 141 cm³/mol. The maximum absolute atomic E-state index is 12.4. The number of amides is 1. The van der Waals surface area contributed by atoms with Crippen molar-refractivity contribution in [3.63, 3.8) is 0 Å². The van der Waals surface area contributed by atoms with Crippen molar-refractivity contribution in [2.75, 3.05) is 20.2 Å². The van der Waals surface area contributed by atoms with Gasteiger partial charge in [0.15, 0.2) is 0 Å². The molecule has 0 aliphatic heterocycles. The van der Waals surface area contributed by atoms with E-state index in [4.69, 9.17) is 4.74 Å². The molecule has 2 N–H and O–H groups in total. The molecular weight excluding hydrogens is 460 g/mol. The number of rotatable bonds is 11. The number of sulfonamides is 1. The van der Waals surface area contributed by atoms with Crippen molar-refractivity contribution in [1.29, 1.82) is 0 Å². The first-order valence-corrected chi connectivity index (χ1v) is 13.3. The third-order valence-corrected chi connectivity index (χ3v) is 7.84. The van der Waals surface area contributed by atoms with Gasteiger partial charge in [0.05, 0.1) is 17.9 Å². The molecule has 0 saturated carbocycles. The molecule has 186 valence electrons. The number of hydrogen-bond donors (Lipinski definition) is 2. The molecule has 3 aromatic carbocycles. The van der Waals surface area contributed by atoms with Crippen molar-refractivity contribution < 1.29 is 17.9 Å². The lowest BCUT2D eigenvalue weighted by molar-refractivity contribution is 0.0951. The smallest absolute Gasteiger partial charge is 0.255 e. The maximum Gasteiger partial charge on any atom is 0.255 e. The average Bonchev–Trinajstić information content (AvgIpc) is 2.87. The minimum Gasteiger partial charge on any atom is -0.496 e. The zero-order valence-corrected chi connectivity index (χ0v) is 21.6. The average molecular weight is 495 g/mol. The Hall–Kier alpha value is -3.16. The number of para-hydroxylation sites is 1. The number of hydrogen-bond acceptors (Lipinski definition) is 4. The van der Waals surface area contributed by atoms with Crippen molar-refractivity contribution in [3.8, 4) is 16.9 Å². The molecule has 0 bridgehead atoms. The summed E-state index contributed by atoms with van der Waals surface area (Å²) in [6, 6.07) is 23.7. The van der Waals surface area contributed by atoms with E-state index in [0.717, 1.165) is 28.7 Å². The Morgan fingerprint density at radius 3 is 2.09 bits per heavy atom. The Balaban J connectivity index is 1.53. The first kappa shape index (κ1) is 26.4. The molecule has 1 unspecified atom stereocenters. The van der Waals surface area contributed by atoms with Crippen LogP contribution in [0.5, 0.6) is 5.75 Å². The molecule has 6 nitrogen and oxygen atoms in total. The minimum absolute atomic E-state index is 0.0750. The lowest BCUT2D eigenvalue weighted by atomic mass is 9.97. The normalized spacial score (nSPS) is 12.4. The van der Waals surface area contributed by atoms with Gasteiger partial charge in [-0.25, -0.2) is 13.1 Å². The van der Waals surface area contributed by atoms with Crippen LogP contribution < -0.4 is 14.8 Å². The van der Waals surface area contributed by atoms with Gasteiger partial charge in [0.25, 0.3) is 5.91 Å². The summed E-state index contributed by atoms with van der Waals surface area (Å²) >= 11 is 0. The highest BCUT2D eigenvalue weighted by atomic mass is 32.2. The molecule has 1 amide bonds. The van der Waals surface area contributed by atoms with E-state index in [2.05, 4.69) is 46.4 Å². The molecule has 1 atom stereocenters. The number of nitrogens with one attached hydrogen (secondary N) is 2. The molecule has 3 rings (SSSR count). The van der Waals surface area contributed by atoms with Crippen LogP contribution in [0.4, 0.5) is 0 Å². The molecule has 3 aromatic rings. The molecule has 7 heteroatoms. The third kappa shape index (κ3) is 7.16. The molecule has 35 heavy (non-hydrogen) atoms. The van der Waals surface area contributed by atoms with E-state index < -0.39 is 15.3 Å². The fourth-order valence-corrected chi connectivity index (χ4v) is 4.46. The summed E-state index contributed by atoms with van der Waals surface area (Å²) in [6.07, 6.45) is 0.726. The van der Waals surface area contributed by atoms with Gasteiger partial charge in [0, 0.05) is 13.1 Å². The Labute approximate surface area is 208 Å². The van der Waals surface area contributed by atoms with E-state index in [-0.39, 0.29) is 11.8 Å². The van der Waals surface area contributed by atoms with Gasteiger partial charge in [0.2, 0.25) is 10.0 Å². The number of ether oxygens (including phenoxy) is 1. The van der Waals surface area contributed by atoms with Crippen molar-refractivity contribution in [3.05, 3.63) is 89.5 Å². The van der Waals surface area contributed by atoms with E-state index in [9.17, 15) is 13.2 Å². The van der Waals surface area contributed by atoms with E-state index in [0.29, 0.717) is 24.4 Å². The highest BCUT2D eigenvalue weighted by molar-refractivity contribution is 7.90. The van der Waals surface area contributed by atoms with Gasteiger partial charge in [-0.05, 0) is 60.6 Å². The zero-order valence-electron chi connectivity index (χ0n) is 20.7. The lowest BCUT2D eigenvalue weighted by Gasteiger charge is -2.15. The summed E-state index contributed by atoms with van der Waals surface area (Å²) in [5, 5.41) is 2.51. The molecule has 0 aromatic heterocycles. The fourth-order valence-electron chi connectivity index (χ4n) is 3.64. The predicted octanol–water partition coefficient (Wildman–Crippen LogP) is 4.77. The van der Waals surface area contributed by atoms with Gasteiger partial charge < -0.3 is 10.1 Å². The summed E-state index contributed by atoms with van der Waals surface area (Å²) in [6.45, 7) is 6.27. The molecular formula is C28H34N2O4S. The van der Waals surface area contributed by atoms with Crippen LogP contribution in [-0.2, 0) is 16.4 Å².